The van der Waals surface area contributed by atoms with E-state index in [1.54, 1.807) is 6.20 Å². The first-order chi connectivity index (χ1) is 17.5. The molecule has 5 rings (SSSR count). The number of amides is 1. The van der Waals surface area contributed by atoms with Crippen molar-refractivity contribution >= 4 is 29.1 Å². The van der Waals surface area contributed by atoms with Gasteiger partial charge in [-0.15, -0.1) is 0 Å². The SMILES string of the molecule is CN(C)C1CCN(C2CCN(C(=O)c3ccc(Nc4nccc(-c5ccc(Cl)cc5)n4)cc3)CC2)C1. The van der Waals surface area contributed by atoms with Crippen molar-refractivity contribution in [1.82, 2.24) is 24.7 Å². The molecule has 3 aromatic rings. The Morgan fingerprint density at radius 2 is 1.69 bits per heavy atom. The molecule has 1 amide bonds. The highest BCUT2D eigenvalue weighted by Crippen LogP contribution is 2.25. The summed E-state index contributed by atoms with van der Waals surface area (Å²) in [6.07, 6.45) is 5.06. The molecule has 2 aliphatic heterocycles. The van der Waals surface area contributed by atoms with Crippen molar-refractivity contribution in [1.29, 1.82) is 0 Å². The van der Waals surface area contributed by atoms with Gasteiger partial charge in [0.1, 0.15) is 0 Å². The molecule has 8 heteroatoms. The maximum Gasteiger partial charge on any atom is 0.253 e. The Bertz CT molecular complexity index is 1180. The van der Waals surface area contributed by atoms with Crippen LogP contribution in [-0.2, 0) is 0 Å². The molecule has 36 heavy (non-hydrogen) atoms. The summed E-state index contributed by atoms with van der Waals surface area (Å²) < 4.78 is 0. The summed E-state index contributed by atoms with van der Waals surface area (Å²) in [7, 11) is 4.34. The second-order valence-electron chi connectivity index (χ2n) is 9.90. The molecule has 0 saturated carbocycles. The van der Waals surface area contributed by atoms with Gasteiger partial charge in [-0.2, -0.15) is 0 Å². The highest BCUT2D eigenvalue weighted by Gasteiger charge is 2.32. The third-order valence-corrected chi connectivity index (χ3v) is 7.63. The van der Waals surface area contributed by atoms with Gasteiger partial charge in [0.2, 0.25) is 5.95 Å². The first-order valence-electron chi connectivity index (χ1n) is 12.6. The van der Waals surface area contributed by atoms with Crippen LogP contribution < -0.4 is 5.32 Å². The number of nitrogens with zero attached hydrogens (tertiary/aromatic N) is 5. The van der Waals surface area contributed by atoms with E-state index in [1.807, 2.05) is 59.5 Å². The quantitative estimate of drug-likeness (QED) is 0.521. The number of rotatable bonds is 6. The molecule has 2 aromatic carbocycles. The second-order valence-corrected chi connectivity index (χ2v) is 10.3. The molecule has 2 saturated heterocycles. The topological polar surface area (TPSA) is 64.6 Å². The van der Waals surface area contributed by atoms with E-state index in [2.05, 4.69) is 39.2 Å². The maximum absolute atomic E-state index is 13.1. The lowest BCUT2D eigenvalue weighted by Crippen LogP contribution is -2.46. The zero-order valence-corrected chi connectivity index (χ0v) is 21.7. The van der Waals surface area contributed by atoms with Crippen LogP contribution in [0.4, 0.5) is 11.6 Å². The highest BCUT2D eigenvalue weighted by atomic mass is 35.5. The van der Waals surface area contributed by atoms with E-state index in [-0.39, 0.29) is 5.91 Å². The fourth-order valence-electron chi connectivity index (χ4n) is 5.16. The van der Waals surface area contributed by atoms with Crippen LogP contribution in [0.5, 0.6) is 0 Å². The minimum atomic E-state index is 0.105. The standard InChI is InChI=1S/C28H33ClN6O/c1-33(2)25-14-18-35(19-25)24-12-16-34(17-13-24)27(36)21-5-9-23(10-6-21)31-28-30-15-11-26(32-28)20-3-7-22(29)8-4-20/h3-11,15,24-25H,12-14,16-19H2,1-2H3,(H,30,31,32). The fraction of sp³-hybridized carbons (Fsp3) is 0.393. The molecule has 2 fully saturated rings. The van der Waals surface area contributed by atoms with Gasteiger partial charge in [-0.3, -0.25) is 9.69 Å². The van der Waals surface area contributed by atoms with Crippen LogP contribution in [-0.4, -0.2) is 82.9 Å². The summed E-state index contributed by atoms with van der Waals surface area (Å²) in [6.45, 7) is 3.95. The average molecular weight is 505 g/mol. The number of anilines is 2. The van der Waals surface area contributed by atoms with Crippen molar-refractivity contribution in [3.63, 3.8) is 0 Å². The van der Waals surface area contributed by atoms with Gasteiger partial charge < -0.3 is 15.1 Å². The van der Waals surface area contributed by atoms with E-state index in [4.69, 9.17) is 11.6 Å². The predicted molar refractivity (Wildman–Crippen MR) is 145 cm³/mol. The van der Waals surface area contributed by atoms with Gasteiger partial charge in [0.15, 0.2) is 0 Å². The van der Waals surface area contributed by atoms with Gasteiger partial charge in [0.25, 0.3) is 5.91 Å². The van der Waals surface area contributed by atoms with Crippen LogP contribution in [0.3, 0.4) is 0 Å². The maximum atomic E-state index is 13.1. The van der Waals surface area contributed by atoms with Crippen molar-refractivity contribution < 1.29 is 4.79 Å². The van der Waals surface area contributed by atoms with E-state index in [1.165, 1.54) is 13.0 Å². The van der Waals surface area contributed by atoms with Crippen molar-refractivity contribution in [3.8, 4) is 11.3 Å². The number of aromatic nitrogens is 2. The third kappa shape index (κ3) is 5.69. The first kappa shape index (κ1) is 24.7. The van der Waals surface area contributed by atoms with E-state index in [0.29, 0.717) is 28.6 Å². The molecule has 7 nitrogen and oxygen atoms in total. The lowest BCUT2D eigenvalue weighted by Gasteiger charge is -2.37. The first-order valence-corrected chi connectivity index (χ1v) is 13.0. The second kappa shape index (κ2) is 10.9. The molecule has 2 aliphatic rings. The van der Waals surface area contributed by atoms with Gasteiger partial charge in [0.05, 0.1) is 5.69 Å². The van der Waals surface area contributed by atoms with Crippen LogP contribution in [0, 0.1) is 0 Å². The highest BCUT2D eigenvalue weighted by molar-refractivity contribution is 6.30. The van der Waals surface area contributed by atoms with Gasteiger partial charge >= 0.3 is 0 Å². The number of carbonyl (C=O) groups is 1. The summed E-state index contributed by atoms with van der Waals surface area (Å²) >= 11 is 5.99. The molecule has 0 spiro atoms. The third-order valence-electron chi connectivity index (χ3n) is 7.38. The number of halogens is 1. The number of benzene rings is 2. The van der Waals surface area contributed by atoms with Crippen LogP contribution in [0.25, 0.3) is 11.3 Å². The molecule has 1 aromatic heterocycles. The van der Waals surface area contributed by atoms with Crippen molar-refractivity contribution in [2.75, 3.05) is 45.6 Å². The number of likely N-dealkylation sites (tertiary alicyclic amines) is 2. The summed E-state index contributed by atoms with van der Waals surface area (Å²) in [6, 6.07) is 18.2. The number of piperidine rings is 1. The fourth-order valence-corrected chi connectivity index (χ4v) is 5.29. The smallest absolute Gasteiger partial charge is 0.253 e. The number of carbonyl (C=O) groups excluding carboxylic acids is 1. The Morgan fingerprint density at radius 3 is 2.36 bits per heavy atom. The van der Waals surface area contributed by atoms with Gasteiger partial charge in [-0.05, 0) is 75.8 Å². The molecule has 1 N–H and O–H groups in total. The van der Waals surface area contributed by atoms with Crippen LogP contribution in [0.15, 0.2) is 60.8 Å². The summed E-state index contributed by atoms with van der Waals surface area (Å²) in [5.74, 6) is 0.607. The summed E-state index contributed by atoms with van der Waals surface area (Å²) in [5.41, 5.74) is 3.33. The summed E-state index contributed by atoms with van der Waals surface area (Å²) in [4.78, 5) is 29.0. The molecular formula is C28H33ClN6O. The lowest BCUT2D eigenvalue weighted by molar-refractivity contribution is 0.0638. The van der Waals surface area contributed by atoms with E-state index in [9.17, 15) is 4.79 Å². The Balaban J connectivity index is 1.16. The van der Waals surface area contributed by atoms with Crippen molar-refractivity contribution in [3.05, 3.63) is 71.4 Å². The van der Waals surface area contributed by atoms with Crippen molar-refractivity contribution in [2.24, 2.45) is 0 Å². The molecule has 0 aliphatic carbocycles. The van der Waals surface area contributed by atoms with Gasteiger partial charge in [-0.1, -0.05) is 23.7 Å². The lowest BCUT2D eigenvalue weighted by atomic mass is 10.0. The van der Waals surface area contributed by atoms with Crippen LogP contribution in [0.1, 0.15) is 29.6 Å². The molecule has 0 bridgehead atoms. The Morgan fingerprint density at radius 1 is 0.972 bits per heavy atom. The van der Waals surface area contributed by atoms with Crippen LogP contribution >= 0.6 is 11.6 Å². The Labute approximate surface area is 218 Å². The van der Waals surface area contributed by atoms with E-state index in [0.717, 1.165) is 49.4 Å². The zero-order valence-electron chi connectivity index (χ0n) is 20.9. The number of hydrogen-bond acceptors (Lipinski definition) is 6. The Hall–Kier alpha value is -3.00. The molecular weight excluding hydrogens is 472 g/mol. The number of likely N-dealkylation sites (N-methyl/N-ethyl adjacent to an activating group) is 1. The molecule has 188 valence electrons. The minimum Gasteiger partial charge on any atom is -0.339 e. The van der Waals surface area contributed by atoms with Gasteiger partial charge in [-0.25, -0.2) is 9.97 Å². The largest absolute Gasteiger partial charge is 0.339 e. The number of hydrogen-bond donors (Lipinski definition) is 1. The molecule has 1 atom stereocenters. The van der Waals surface area contributed by atoms with Gasteiger partial charge in [0, 0.05) is 66.3 Å². The molecule has 1 unspecified atom stereocenters. The zero-order chi connectivity index (χ0) is 25.1. The summed E-state index contributed by atoms with van der Waals surface area (Å²) in [5, 5.41) is 3.93. The monoisotopic (exact) mass is 504 g/mol. The van der Waals surface area contributed by atoms with E-state index >= 15 is 0 Å². The average Bonchev–Trinajstić information content (AvgIpc) is 3.40. The van der Waals surface area contributed by atoms with Crippen LogP contribution in [0.2, 0.25) is 5.02 Å². The normalized spacial score (nSPS) is 19.1. The molecule has 3 heterocycles. The minimum absolute atomic E-state index is 0.105. The Kier molecular flexibility index (Phi) is 7.51. The van der Waals surface area contributed by atoms with E-state index < -0.39 is 0 Å². The number of nitrogens with one attached hydrogen (secondary N) is 1. The predicted octanol–water partition coefficient (Wildman–Crippen LogP) is 4.78. The van der Waals surface area contributed by atoms with Crippen molar-refractivity contribution in [2.45, 2.75) is 31.3 Å². The molecule has 0 radical (unpaired) electrons.